The van der Waals surface area contributed by atoms with E-state index in [0.29, 0.717) is 13.1 Å². The Labute approximate surface area is 118 Å². The van der Waals surface area contributed by atoms with Crippen molar-refractivity contribution in [2.24, 2.45) is 0 Å². The Hall–Kier alpha value is -1.23. The number of aryl methyl sites for hydroxylation is 2. The molecular weight excluding hydrogens is 256 g/mol. The number of aromatic nitrogens is 1. The highest BCUT2D eigenvalue weighted by Gasteiger charge is 2.07. The number of hydrogen-bond donors (Lipinski definition) is 2. The zero-order valence-electron chi connectivity index (χ0n) is 11.4. The van der Waals surface area contributed by atoms with E-state index >= 15 is 0 Å². The molecule has 0 aliphatic rings. The smallest absolute Gasteiger partial charge is 0.0926 e. The largest absolute Gasteiger partial charge is 0.387 e. The Kier molecular flexibility index (Phi) is 5.07. The van der Waals surface area contributed by atoms with Crippen LogP contribution in [0, 0.1) is 6.92 Å². The second kappa shape index (κ2) is 6.80. The summed E-state index contributed by atoms with van der Waals surface area (Å²) in [5.41, 5.74) is 3.18. The van der Waals surface area contributed by atoms with Gasteiger partial charge in [-0.3, -0.25) is 0 Å². The number of aliphatic hydroxyl groups excluding tert-OH is 1. The second-order valence-corrected chi connectivity index (χ2v) is 5.59. The molecule has 1 aromatic heterocycles. The lowest BCUT2D eigenvalue weighted by molar-refractivity contribution is 0.174. The van der Waals surface area contributed by atoms with Crippen LogP contribution in [0.15, 0.2) is 29.6 Å². The maximum atomic E-state index is 10.1. The van der Waals surface area contributed by atoms with Crippen molar-refractivity contribution in [2.75, 3.05) is 6.54 Å². The standard InChI is InChI=1S/C15H20N2OS/c1-3-15-17-13(10-19-15)8-16-9-14(18)12-6-4-5-11(2)7-12/h4-7,10,14,16,18H,3,8-9H2,1-2H3. The van der Waals surface area contributed by atoms with Crippen LogP contribution in [0.25, 0.3) is 0 Å². The molecule has 102 valence electrons. The molecule has 1 aromatic carbocycles. The zero-order valence-corrected chi connectivity index (χ0v) is 12.2. The third-order valence-electron chi connectivity index (χ3n) is 2.97. The summed E-state index contributed by atoms with van der Waals surface area (Å²) in [6, 6.07) is 7.98. The number of hydrogen-bond acceptors (Lipinski definition) is 4. The molecule has 1 heterocycles. The minimum Gasteiger partial charge on any atom is -0.387 e. The van der Waals surface area contributed by atoms with E-state index < -0.39 is 6.10 Å². The quantitative estimate of drug-likeness (QED) is 0.853. The second-order valence-electron chi connectivity index (χ2n) is 4.65. The first-order valence-corrected chi connectivity index (χ1v) is 7.45. The van der Waals surface area contributed by atoms with Crippen molar-refractivity contribution in [1.29, 1.82) is 0 Å². The van der Waals surface area contributed by atoms with Gasteiger partial charge in [0.2, 0.25) is 0 Å². The topological polar surface area (TPSA) is 45.2 Å². The molecule has 0 radical (unpaired) electrons. The van der Waals surface area contributed by atoms with Crippen molar-refractivity contribution in [3.05, 3.63) is 51.5 Å². The Bertz CT molecular complexity index is 524. The van der Waals surface area contributed by atoms with E-state index in [0.717, 1.165) is 22.7 Å². The number of aliphatic hydroxyl groups is 1. The van der Waals surface area contributed by atoms with Crippen molar-refractivity contribution in [3.8, 4) is 0 Å². The summed E-state index contributed by atoms with van der Waals surface area (Å²) in [4.78, 5) is 4.49. The molecule has 0 saturated heterocycles. The van der Waals surface area contributed by atoms with Crippen molar-refractivity contribution >= 4 is 11.3 Å². The number of nitrogens with one attached hydrogen (secondary N) is 1. The molecule has 0 aliphatic heterocycles. The van der Waals surface area contributed by atoms with Gasteiger partial charge in [-0.05, 0) is 18.9 Å². The lowest BCUT2D eigenvalue weighted by atomic mass is 10.1. The Morgan fingerprint density at radius 2 is 2.26 bits per heavy atom. The van der Waals surface area contributed by atoms with E-state index in [1.165, 1.54) is 5.56 Å². The van der Waals surface area contributed by atoms with E-state index in [-0.39, 0.29) is 0 Å². The van der Waals surface area contributed by atoms with Gasteiger partial charge in [0, 0.05) is 18.5 Å². The van der Waals surface area contributed by atoms with Crippen LogP contribution in [0.5, 0.6) is 0 Å². The molecule has 0 amide bonds. The van der Waals surface area contributed by atoms with Crippen molar-refractivity contribution in [2.45, 2.75) is 32.9 Å². The number of benzene rings is 1. The van der Waals surface area contributed by atoms with Gasteiger partial charge in [-0.1, -0.05) is 36.8 Å². The van der Waals surface area contributed by atoms with E-state index in [1.54, 1.807) is 11.3 Å². The first-order valence-electron chi connectivity index (χ1n) is 6.57. The maximum Gasteiger partial charge on any atom is 0.0926 e. The molecule has 3 nitrogen and oxygen atoms in total. The molecule has 0 bridgehead atoms. The van der Waals surface area contributed by atoms with E-state index in [4.69, 9.17) is 0 Å². The van der Waals surface area contributed by atoms with E-state index in [9.17, 15) is 5.11 Å². The SMILES string of the molecule is CCc1nc(CNCC(O)c2cccc(C)c2)cs1. The van der Waals surface area contributed by atoms with Gasteiger partial charge in [0.05, 0.1) is 16.8 Å². The Morgan fingerprint density at radius 1 is 1.42 bits per heavy atom. The monoisotopic (exact) mass is 276 g/mol. The van der Waals surface area contributed by atoms with Crippen LogP contribution in [-0.4, -0.2) is 16.6 Å². The molecule has 1 unspecified atom stereocenters. The average Bonchev–Trinajstić information content (AvgIpc) is 2.86. The molecule has 4 heteroatoms. The van der Waals surface area contributed by atoms with Gasteiger partial charge in [-0.25, -0.2) is 4.98 Å². The third kappa shape index (κ3) is 4.13. The highest BCUT2D eigenvalue weighted by molar-refractivity contribution is 7.09. The summed E-state index contributed by atoms with van der Waals surface area (Å²) in [5.74, 6) is 0. The number of thiazole rings is 1. The van der Waals surface area contributed by atoms with Gasteiger partial charge >= 0.3 is 0 Å². The summed E-state index contributed by atoms with van der Waals surface area (Å²) in [6.07, 6.45) is 0.514. The van der Waals surface area contributed by atoms with Gasteiger partial charge in [-0.2, -0.15) is 0 Å². The lowest BCUT2D eigenvalue weighted by Gasteiger charge is -2.12. The van der Waals surface area contributed by atoms with Gasteiger partial charge < -0.3 is 10.4 Å². The molecule has 19 heavy (non-hydrogen) atoms. The van der Waals surface area contributed by atoms with Crippen LogP contribution in [0.2, 0.25) is 0 Å². The minimum atomic E-state index is -0.468. The molecule has 0 aliphatic carbocycles. The van der Waals surface area contributed by atoms with Crippen LogP contribution in [0.4, 0.5) is 0 Å². The number of rotatable bonds is 6. The van der Waals surface area contributed by atoms with Gasteiger partial charge in [0.15, 0.2) is 0 Å². The van der Waals surface area contributed by atoms with E-state index in [1.807, 2.05) is 31.2 Å². The molecule has 2 rings (SSSR count). The van der Waals surface area contributed by atoms with Crippen LogP contribution in [0.3, 0.4) is 0 Å². The maximum absolute atomic E-state index is 10.1. The van der Waals surface area contributed by atoms with Crippen LogP contribution in [-0.2, 0) is 13.0 Å². The fraction of sp³-hybridized carbons (Fsp3) is 0.400. The van der Waals surface area contributed by atoms with Crippen molar-refractivity contribution < 1.29 is 5.11 Å². The zero-order chi connectivity index (χ0) is 13.7. The number of nitrogens with zero attached hydrogens (tertiary/aromatic N) is 1. The van der Waals surface area contributed by atoms with Gasteiger partial charge in [-0.15, -0.1) is 11.3 Å². The van der Waals surface area contributed by atoms with Crippen LogP contribution < -0.4 is 5.32 Å². The Morgan fingerprint density at radius 3 is 2.95 bits per heavy atom. The highest BCUT2D eigenvalue weighted by atomic mass is 32.1. The molecule has 2 aromatic rings. The summed E-state index contributed by atoms with van der Waals surface area (Å²) in [5, 5.41) is 16.6. The summed E-state index contributed by atoms with van der Waals surface area (Å²) in [6.45, 7) is 5.39. The summed E-state index contributed by atoms with van der Waals surface area (Å²) >= 11 is 1.69. The minimum absolute atomic E-state index is 0.468. The predicted molar refractivity (Wildman–Crippen MR) is 79.3 cm³/mol. The average molecular weight is 276 g/mol. The predicted octanol–water partition coefficient (Wildman–Crippen LogP) is 2.84. The highest BCUT2D eigenvalue weighted by Crippen LogP contribution is 2.14. The molecule has 0 saturated carbocycles. The summed E-state index contributed by atoms with van der Waals surface area (Å²) < 4.78 is 0. The normalized spacial score (nSPS) is 12.6. The molecule has 0 fully saturated rings. The van der Waals surface area contributed by atoms with Crippen molar-refractivity contribution in [1.82, 2.24) is 10.3 Å². The fourth-order valence-electron chi connectivity index (χ4n) is 1.92. The van der Waals surface area contributed by atoms with Crippen LogP contribution in [0.1, 0.15) is 34.9 Å². The first kappa shape index (κ1) is 14.2. The third-order valence-corrected chi connectivity index (χ3v) is 4.01. The van der Waals surface area contributed by atoms with Gasteiger partial charge in [0.25, 0.3) is 0 Å². The van der Waals surface area contributed by atoms with Gasteiger partial charge in [0.1, 0.15) is 0 Å². The Balaban J connectivity index is 1.82. The lowest BCUT2D eigenvalue weighted by Crippen LogP contribution is -2.21. The first-order chi connectivity index (χ1) is 9.19. The fourth-order valence-corrected chi connectivity index (χ4v) is 2.67. The molecule has 1 atom stereocenters. The molecule has 0 spiro atoms. The van der Waals surface area contributed by atoms with E-state index in [2.05, 4.69) is 22.6 Å². The summed E-state index contributed by atoms with van der Waals surface area (Å²) in [7, 11) is 0. The molecular formula is C15H20N2OS. The van der Waals surface area contributed by atoms with Crippen LogP contribution >= 0.6 is 11.3 Å². The molecule has 2 N–H and O–H groups in total. The van der Waals surface area contributed by atoms with Crippen molar-refractivity contribution in [3.63, 3.8) is 0 Å².